The van der Waals surface area contributed by atoms with Crippen molar-refractivity contribution in [2.45, 2.75) is 39.7 Å². The molecule has 1 aliphatic rings. The monoisotopic (exact) mass is 291 g/mol. The third-order valence-corrected chi connectivity index (χ3v) is 4.94. The first kappa shape index (κ1) is 13.3. The number of amides is 1. The Morgan fingerprint density at radius 1 is 1.50 bits per heavy atom. The van der Waals surface area contributed by atoms with Crippen LogP contribution in [-0.4, -0.2) is 27.5 Å². The minimum atomic E-state index is 0.0683. The van der Waals surface area contributed by atoms with Crippen LogP contribution in [0.2, 0.25) is 0 Å². The first-order valence-electron chi connectivity index (χ1n) is 6.75. The van der Waals surface area contributed by atoms with Gasteiger partial charge >= 0.3 is 0 Å². The van der Waals surface area contributed by atoms with Crippen LogP contribution in [0.15, 0.2) is 10.8 Å². The second-order valence-electron chi connectivity index (χ2n) is 5.38. The van der Waals surface area contributed by atoms with E-state index in [0.717, 1.165) is 33.3 Å². The van der Waals surface area contributed by atoms with Gasteiger partial charge in [-0.1, -0.05) is 19.0 Å². The summed E-state index contributed by atoms with van der Waals surface area (Å²) in [5.74, 6) is 0.421. The number of aryl methyl sites for hydroxylation is 1. The number of hydrogen-bond donors (Lipinski definition) is 0. The molecule has 3 heterocycles. The maximum atomic E-state index is 12.6. The molecule has 0 aromatic carbocycles. The average molecular weight is 291 g/mol. The maximum Gasteiger partial charge on any atom is 0.266 e. The summed E-state index contributed by atoms with van der Waals surface area (Å²) in [5.41, 5.74) is 2.81. The van der Waals surface area contributed by atoms with Crippen LogP contribution in [0.5, 0.6) is 0 Å². The lowest BCUT2D eigenvalue weighted by Crippen LogP contribution is -2.35. The summed E-state index contributed by atoms with van der Waals surface area (Å²) in [4.78, 5) is 19.7. The second kappa shape index (κ2) is 5.01. The van der Waals surface area contributed by atoms with Crippen LogP contribution in [-0.2, 0) is 13.0 Å². The van der Waals surface area contributed by atoms with Gasteiger partial charge in [0.2, 0.25) is 0 Å². The van der Waals surface area contributed by atoms with Gasteiger partial charge in [-0.15, -0.1) is 11.3 Å². The molecule has 1 aliphatic heterocycles. The Labute approximate surface area is 121 Å². The molecule has 0 bridgehead atoms. The fourth-order valence-electron chi connectivity index (χ4n) is 2.32. The smallest absolute Gasteiger partial charge is 0.266 e. The topological polar surface area (TPSA) is 59.2 Å². The van der Waals surface area contributed by atoms with Gasteiger partial charge in [-0.05, 0) is 6.92 Å². The SMILES string of the molecule is Cc1nc(C(C)C)sc1C(=O)N1CCc2nocc2C1. The summed E-state index contributed by atoms with van der Waals surface area (Å²) in [6, 6.07) is 0. The van der Waals surface area contributed by atoms with E-state index in [1.54, 1.807) is 6.26 Å². The molecule has 0 saturated heterocycles. The Morgan fingerprint density at radius 2 is 2.30 bits per heavy atom. The molecule has 5 nitrogen and oxygen atoms in total. The van der Waals surface area contributed by atoms with Crippen molar-refractivity contribution in [3.8, 4) is 0 Å². The Balaban J connectivity index is 1.83. The number of nitrogens with zero attached hydrogens (tertiary/aromatic N) is 3. The van der Waals surface area contributed by atoms with Crippen molar-refractivity contribution in [3.63, 3.8) is 0 Å². The van der Waals surface area contributed by atoms with Crippen molar-refractivity contribution in [2.75, 3.05) is 6.54 Å². The van der Waals surface area contributed by atoms with E-state index >= 15 is 0 Å². The molecule has 6 heteroatoms. The molecule has 1 amide bonds. The molecule has 2 aromatic heterocycles. The van der Waals surface area contributed by atoms with E-state index in [0.29, 0.717) is 19.0 Å². The lowest BCUT2D eigenvalue weighted by Gasteiger charge is -2.25. The molecule has 3 rings (SSSR count). The maximum absolute atomic E-state index is 12.6. The van der Waals surface area contributed by atoms with Gasteiger partial charge in [0.05, 0.1) is 22.9 Å². The second-order valence-corrected chi connectivity index (χ2v) is 6.42. The van der Waals surface area contributed by atoms with Crippen LogP contribution in [0.3, 0.4) is 0 Å². The molecule has 0 radical (unpaired) electrons. The summed E-state index contributed by atoms with van der Waals surface area (Å²) in [6.07, 6.45) is 2.39. The van der Waals surface area contributed by atoms with Crippen LogP contribution >= 0.6 is 11.3 Å². The number of thiazole rings is 1. The van der Waals surface area contributed by atoms with Crippen LogP contribution in [0.25, 0.3) is 0 Å². The number of aromatic nitrogens is 2. The molecule has 0 N–H and O–H groups in total. The van der Waals surface area contributed by atoms with Gasteiger partial charge < -0.3 is 9.42 Å². The number of fused-ring (bicyclic) bond motifs is 1. The highest BCUT2D eigenvalue weighted by molar-refractivity contribution is 7.13. The van der Waals surface area contributed by atoms with E-state index in [1.165, 1.54) is 11.3 Å². The third-order valence-electron chi connectivity index (χ3n) is 3.50. The van der Waals surface area contributed by atoms with E-state index in [4.69, 9.17) is 4.52 Å². The number of carbonyl (C=O) groups is 1. The molecular formula is C14H17N3O2S. The zero-order chi connectivity index (χ0) is 14.3. The first-order chi connectivity index (χ1) is 9.56. The highest BCUT2D eigenvalue weighted by Crippen LogP contribution is 2.27. The van der Waals surface area contributed by atoms with Crippen molar-refractivity contribution in [1.29, 1.82) is 0 Å². The predicted molar refractivity (Wildman–Crippen MR) is 75.9 cm³/mol. The number of rotatable bonds is 2. The fourth-order valence-corrected chi connectivity index (χ4v) is 3.36. The van der Waals surface area contributed by atoms with Crippen molar-refractivity contribution in [2.24, 2.45) is 0 Å². The van der Waals surface area contributed by atoms with Crippen LogP contribution in [0.1, 0.15) is 51.4 Å². The molecule has 0 fully saturated rings. The first-order valence-corrected chi connectivity index (χ1v) is 7.56. The van der Waals surface area contributed by atoms with E-state index in [9.17, 15) is 4.79 Å². The van der Waals surface area contributed by atoms with Gasteiger partial charge in [-0.3, -0.25) is 4.79 Å². The van der Waals surface area contributed by atoms with Crippen molar-refractivity contribution < 1.29 is 9.32 Å². The van der Waals surface area contributed by atoms with Crippen LogP contribution < -0.4 is 0 Å². The van der Waals surface area contributed by atoms with E-state index in [2.05, 4.69) is 24.0 Å². The van der Waals surface area contributed by atoms with Gasteiger partial charge in [0.25, 0.3) is 5.91 Å². The molecule has 106 valence electrons. The van der Waals surface area contributed by atoms with E-state index in [-0.39, 0.29) is 5.91 Å². The minimum Gasteiger partial charge on any atom is -0.364 e. The molecular weight excluding hydrogens is 274 g/mol. The van der Waals surface area contributed by atoms with E-state index < -0.39 is 0 Å². The summed E-state index contributed by atoms with van der Waals surface area (Å²) in [5, 5.41) is 4.97. The Kier molecular flexibility index (Phi) is 3.33. The van der Waals surface area contributed by atoms with Crippen molar-refractivity contribution >= 4 is 17.2 Å². The Morgan fingerprint density at radius 3 is 3.00 bits per heavy atom. The lowest BCUT2D eigenvalue weighted by atomic mass is 10.1. The Hall–Kier alpha value is -1.69. The van der Waals surface area contributed by atoms with Crippen LogP contribution in [0, 0.1) is 6.92 Å². The fraction of sp³-hybridized carbons (Fsp3) is 0.500. The molecule has 0 aliphatic carbocycles. The predicted octanol–water partition coefficient (Wildman–Crippen LogP) is 2.76. The minimum absolute atomic E-state index is 0.0683. The molecule has 0 spiro atoms. The van der Waals surface area contributed by atoms with Gasteiger partial charge in [-0.2, -0.15) is 0 Å². The van der Waals surface area contributed by atoms with E-state index in [1.807, 2.05) is 11.8 Å². The van der Waals surface area contributed by atoms with Gasteiger partial charge in [0.15, 0.2) is 0 Å². The van der Waals surface area contributed by atoms with Gasteiger partial charge in [-0.25, -0.2) is 4.98 Å². The molecule has 0 unspecified atom stereocenters. The largest absolute Gasteiger partial charge is 0.364 e. The average Bonchev–Trinajstić information content (AvgIpc) is 3.03. The number of hydrogen-bond acceptors (Lipinski definition) is 5. The number of carbonyl (C=O) groups excluding carboxylic acids is 1. The third kappa shape index (κ3) is 2.24. The highest BCUT2D eigenvalue weighted by Gasteiger charge is 2.27. The molecule has 2 aromatic rings. The molecule has 0 atom stereocenters. The summed E-state index contributed by atoms with van der Waals surface area (Å²) in [7, 11) is 0. The standard InChI is InChI=1S/C14H17N3O2S/c1-8(2)13-15-9(3)12(20-13)14(18)17-5-4-11-10(6-17)7-19-16-11/h7-8H,4-6H2,1-3H3. The summed E-state index contributed by atoms with van der Waals surface area (Å²) >= 11 is 1.51. The highest BCUT2D eigenvalue weighted by atomic mass is 32.1. The zero-order valence-corrected chi connectivity index (χ0v) is 12.7. The zero-order valence-electron chi connectivity index (χ0n) is 11.8. The summed E-state index contributed by atoms with van der Waals surface area (Å²) in [6.45, 7) is 7.36. The Bertz CT molecular complexity index is 645. The van der Waals surface area contributed by atoms with Gasteiger partial charge in [0.1, 0.15) is 11.1 Å². The van der Waals surface area contributed by atoms with Crippen molar-refractivity contribution in [1.82, 2.24) is 15.0 Å². The van der Waals surface area contributed by atoms with Crippen LogP contribution in [0.4, 0.5) is 0 Å². The molecule has 0 saturated carbocycles. The molecule has 20 heavy (non-hydrogen) atoms. The lowest BCUT2D eigenvalue weighted by molar-refractivity contribution is 0.0738. The summed E-state index contributed by atoms with van der Waals surface area (Å²) < 4.78 is 4.96. The van der Waals surface area contributed by atoms with Gasteiger partial charge in [0, 0.05) is 24.4 Å². The quantitative estimate of drug-likeness (QED) is 0.853. The normalized spacial score (nSPS) is 14.7. The van der Waals surface area contributed by atoms with Crippen molar-refractivity contribution in [3.05, 3.63) is 33.1 Å².